The van der Waals surface area contributed by atoms with Crippen LogP contribution in [0.5, 0.6) is 0 Å². The van der Waals surface area contributed by atoms with E-state index in [1.165, 1.54) is 0 Å². The quantitative estimate of drug-likeness (QED) is 0.670. The molecule has 0 saturated carbocycles. The van der Waals surface area contributed by atoms with E-state index in [4.69, 9.17) is 17.5 Å². The maximum atomic E-state index is 8.69. The lowest BCUT2D eigenvalue weighted by Gasteiger charge is -2.00. The summed E-state index contributed by atoms with van der Waals surface area (Å²) in [5, 5.41) is 8.69. The molecule has 12 heavy (non-hydrogen) atoms. The van der Waals surface area contributed by atoms with Gasteiger partial charge in [-0.3, -0.25) is 0 Å². The highest BCUT2D eigenvalue weighted by molar-refractivity contribution is 7.71. The average Bonchev–Trinajstić information content (AvgIpc) is 2.03. The molecule has 3 nitrogen and oxygen atoms in total. The second kappa shape index (κ2) is 3.46. The predicted octanol–water partition coefficient (Wildman–Crippen LogP) is 1.88. The van der Waals surface area contributed by atoms with Crippen molar-refractivity contribution in [3.8, 4) is 6.07 Å². The molecule has 0 saturated heterocycles. The normalized spacial score (nSPS) is 9.42. The highest BCUT2D eigenvalue weighted by Crippen LogP contribution is 2.05. The topological polar surface area (TPSA) is 52.5 Å². The van der Waals surface area contributed by atoms with Crippen molar-refractivity contribution in [3.05, 3.63) is 21.7 Å². The number of hydrogen-bond acceptors (Lipinski definition) is 3. The fourth-order valence-electron chi connectivity index (χ4n) is 0.945. The van der Waals surface area contributed by atoms with Crippen LogP contribution in [0, 0.1) is 22.9 Å². The predicted molar refractivity (Wildman–Crippen MR) is 48.3 cm³/mol. The maximum Gasteiger partial charge on any atom is 0.147 e. The fourth-order valence-corrected chi connectivity index (χ4v) is 1.25. The summed E-state index contributed by atoms with van der Waals surface area (Å²) in [5.41, 5.74) is 1.27. The second-order valence-corrected chi connectivity index (χ2v) is 2.84. The first-order chi connectivity index (χ1) is 5.69. The number of aromatic nitrogens is 2. The molecule has 62 valence electrons. The lowest BCUT2D eigenvalue weighted by atomic mass is 10.2. The Hall–Kier alpha value is -1.21. The molecule has 0 amide bonds. The zero-order valence-corrected chi connectivity index (χ0v) is 7.83. The Bertz CT molecular complexity index is 386. The Morgan fingerprint density at radius 3 is 2.75 bits per heavy atom. The SMILES string of the molecule is CCc1nc(=S)c(C#N)c(C)[nH]1. The summed E-state index contributed by atoms with van der Waals surface area (Å²) in [6.45, 7) is 3.81. The molecule has 0 aliphatic heterocycles. The van der Waals surface area contributed by atoms with E-state index in [0.717, 1.165) is 17.9 Å². The van der Waals surface area contributed by atoms with Gasteiger partial charge in [-0.15, -0.1) is 0 Å². The Morgan fingerprint density at radius 1 is 1.67 bits per heavy atom. The summed E-state index contributed by atoms with van der Waals surface area (Å²) in [6, 6.07) is 2.02. The standard InChI is InChI=1S/C8H9N3S/c1-3-7-10-5(2)6(4-9)8(12)11-7/h3H2,1-2H3,(H,10,11,12). The molecule has 0 aliphatic carbocycles. The highest BCUT2D eigenvalue weighted by atomic mass is 32.1. The van der Waals surface area contributed by atoms with Crippen molar-refractivity contribution < 1.29 is 0 Å². The zero-order valence-electron chi connectivity index (χ0n) is 7.01. The van der Waals surface area contributed by atoms with Crippen LogP contribution in [0.25, 0.3) is 0 Å². The number of aromatic amines is 1. The Balaban J connectivity index is 3.41. The van der Waals surface area contributed by atoms with Crippen molar-refractivity contribution in [2.24, 2.45) is 0 Å². The van der Waals surface area contributed by atoms with E-state index in [0.29, 0.717) is 10.2 Å². The number of H-pyrrole nitrogens is 1. The van der Waals surface area contributed by atoms with Gasteiger partial charge in [0.2, 0.25) is 0 Å². The van der Waals surface area contributed by atoms with Crippen LogP contribution >= 0.6 is 12.2 Å². The van der Waals surface area contributed by atoms with Crippen molar-refractivity contribution in [2.75, 3.05) is 0 Å². The van der Waals surface area contributed by atoms with Gasteiger partial charge in [0.1, 0.15) is 22.1 Å². The van der Waals surface area contributed by atoms with Gasteiger partial charge in [-0.2, -0.15) is 5.26 Å². The van der Waals surface area contributed by atoms with E-state index in [1.807, 2.05) is 19.9 Å². The van der Waals surface area contributed by atoms with Gasteiger partial charge in [-0.1, -0.05) is 19.1 Å². The first-order valence-corrected chi connectivity index (χ1v) is 4.09. The van der Waals surface area contributed by atoms with E-state index in [-0.39, 0.29) is 0 Å². The number of rotatable bonds is 1. The van der Waals surface area contributed by atoms with Gasteiger partial charge in [-0.25, -0.2) is 4.98 Å². The summed E-state index contributed by atoms with van der Waals surface area (Å²) in [4.78, 5) is 7.08. The van der Waals surface area contributed by atoms with Crippen LogP contribution in [-0.4, -0.2) is 9.97 Å². The molecule has 0 unspecified atom stereocenters. The van der Waals surface area contributed by atoms with E-state index in [1.54, 1.807) is 0 Å². The van der Waals surface area contributed by atoms with E-state index < -0.39 is 0 Å². The van der Waals surface area contributed by atoms with Gasteiger partial charge in [0, 0.05) is 12.1 Å². The molecule has 1 N–H and O–H groups in total. The molecule has 0 radical (unpaired) electrons. The number of hydrogen-bond donors (Lipinski definition) is 1. The van der Waals surface area contributed by atoms with Crippen LogP contribution in [-0.2, 0) is 6.42 Å². The van der Waals surface area contributed by atoms with Gasteiger partial charge in [0.25, 0.3) is 0 Å². The first-order valence-electron chi connectivity index (χ1n) is 3.69. The monoisotopic (exact) mass is 179 g/mol. The summed E-state index contributed by atoms with van der Waals surface area (Å²) in [7, 11) is 0. The molecule has 1 aromatic rings. The van der Waals surface area contributed by atoms with Gasteiger partial charge in [-0.05, 0) is 6.92 Å². The molecule has 0 aliphatic rings. The number of aryl methyl sites for hydroxylation is 2. The molecular formula is C8H9N3S. The Labute approximate surface area is 76.1 Å². The third-order valence-corrected chi connectivity index (χ3v) is 1.90. The van der Waals surface area contributed by atoms with E-state index in [2.05, 4.69) is 9.97 Å². The van der Waals surface area contributed by atoms with Crippen molar-refractivity contribution >= 4 is 12.2 Å². The third kappa shape index (κ3) is 1.51. The van der Waals surface area contributed by atoms with Crippen molar-refractivity contribution in [1.29, 1.82) is 5.26 Å². The third-order valence-electron chi connectivity index (χ3n) is 1.60. The van der Waals surface area contributed by atoms with Crippen LogP contribution in [0.15, 0.2) is 0 Å². The molecule has 0 aromatic carbocycles. The van der Waals surface area contributed by atoms with E-state index >= 15 is 0 Å². The highest BCUT2D eigenvalue weighted by Gasteiger charge is 2.02. The molecule has 0 spiro atoms. The fraction of sp³-hybridized carbons (Fsp3) is 0.375. The van der Waals surface area contributed by atoms with Gasteiger partial charge < -0.3 is 4.98 Å². The molecule has 0 fully saturated rings. The minimum atomic E-state index is 0.394. The van der Waals surface area contributed by atoms with Gasteiger partial charge in [0.15, 0.2) is 0 Å². The molecular weight excluding hydrogens is 170 g/mol. The number of nitriles is 1. The lowest BCUT2D eigenvalue weighted by molar-refractivity contribution is 0.905. The second-order valence-electron chi connectivity index (χ2n) is 2.45. The minimum Gasteiger partial charge on any atom is -0.346 e. The number of nitrogens with zero attached hydrogens (tertiary/aromatic N) is 2. The number of nitrogens with one attached hydrogen (secondary N) is 1. The Morgan fingerprint density at radius 2 is 2.33 bits per heavy atom. The van der Waals surface area contributed by atoms with Crippen LogP contribution in [0.2, 0.25) is 0 Å². The lowest BCUT2D eigenvalue weighted by Crippen LogP contribution is -1.99. The zero-order chi connectivity index (χ0) is 9.14. The molecule has 0 atom stereocenters. The maximum absolute atomic E-state index is 8.69. The van der Waals surface area contributed by atoms with Crippen LogP contribution in [0.1, 0.15) is 24.0 Å². The summed E-state index contributed by atoms with van der Waals surface area (Å²) >= 11 is 4.94. The summed E-state index contributed by atoms with van der Waals surface area (Å²) < 4.78 is 0.394. The minimum absolute atomic E-state index is 0.394. The van der Waals surface area contributed by atoms with E-state index in [9.17, 15) is 0 Å². The van der Waals surface area contributed by atoms with Crippen molar-refractivity contribution in [1.82, 2.24) is 9.97 Å². The molecule has 1 heterocycles. The molecule has 4 heteroatoms. The molecule has 0 bridgehead atoms. The molecule has 1 aromatic heterocycles. The summed E-state index contributed by atoms with van der Waals surface area (Å²) in [5.74, 6) is 0.830. The van der Waals surface area contributed by atoms with Crippen molar-refractivity contribution in [2.45, 2.75) is 20.3 Å². The van der Waals surface area contributed by atoms with Gasteiger partial charge in [0.05, 0.1) is 0 Å². The van der Waals surface area contributed by atoms with Crippen LogP contribution in [0.4, 0.5) is 0 Å². The van der Waals surface area contributed by atoms with Crippen LogP contribution in [0.3, 0.4) is 0 Å². The Kier molecular flexibility index (Phi) is 2.56. The van der Waals surface area contributed by atoms with Crippen molar-refractivity contribution in [3.63, 3.8) is 0 Å². The first kappa shape index (κ1) is 8.88. The average molecular weight is 179 g/mol. The van der Waals surface area contributed by atoms with Crippen LogP contribution < -0.4 is 0 Å². The smallest absolute Gasteiger partial charge is 0.147 e. The summed E-state index contributed by atoms with van der Waals surface area (Å²) in [6.07, 6.45) is 0.802. The molecule has 1 rings (SSSR count). The van der Waals surface area contributed by atoms with Gasteiger partial charge >= 0.3 is 0 Å². The largest absolute Gasteiger partial charge is 0.346 e.